The van der Waals surface area contributed by atoms with Crippen molar-refractivity contribution in [2.24, 2.45) is 0 Å². The van der Waals surface area contributed by atoms with Crippen LogP contribution in [-0.2, 0) is 0 Å². The summed E-state index contributed by atoms with van der Waals surface area (Å²) in [4.78, 5) is 15.4. The summed E-state index contributed by atoms with van der Waals surface area (Å²) in [6, 6.07) is 7.93. The van der Waals surface area contributed by atoms with Gasteiger partial charge in [-0.3, -0.25) is 4.79 Å². The van der Waals surface area contributed by atoms with Crippen molar-refractivity contribution < 1.29 is 13.9 Å². The molecule has 1 N–H and O–H groups in total. The van der Waals surface area contributed by atoms with E-state index in [1.807, 2.05) is 19.9 Å². The molecule has 0 saturated carbocycles. The summed E-state index contributed by atoms with van der Waals surface area (Å²) < 4.78 is 18.4. The van der Waals surface area contributed by atoms with Crippen LogP contribution in [0.3, 0.4) is 0 Å². The quantitative estimate of drug-likeness (QED) is 0.871. The van der Waals surface area contributed by atoms with Crippen LogP contribution in [0, 0.1) is 12.9 Å². The second-order valence-corrected chi connectivity index (χ2v) is 4.23. The number of aromatic nitrogens is 1. The summed E-state index contributed by atoms with van der Waals surface area (Å²) in [7, 11) is 0. The third-order valence-electron chi connectivity index (χ3n) is 2.75. The highest BCUT2D eigenvalue weighted by atomic mass is 19.1. The summed E-state index contributed by atoms with van der Waals surface area (Å²) in [5.41, 5.74) is 1.76. The number of benzene rings is 1. The highest BCUT2D eigenvalue weighted by Crippen LogP contribution is 2.22. The number of aryl methyl sites for hydroxylation is 1. The predicted molar refractivity (Wildman–Crippen MR) is 74.5 cm³/mol. The fraction of sp³-hybridized carbons (Fsp3) is 0.200. The SMILES string of the molecule is CCOc1ccc(NC(=O)c2ccnc(F)c2)c(C)c1. The first-order valence-corrected chi connectivity index (χ1v) is 6.26. The zero-order valence-electron chi connectivity index (χ0n) is 11.3. The van der Waals surface area contributed by atoms with Gasteiger partial charge >= 0.3 is 0 Å². The molecule has 0 aliphatic rings. The molecule has 0 fully saturated rings. The number of carbonyl (C=O) groups excluding carboxylic acids is 1. The lowest BCUT2D eigenvalue weighted by atomic mass is 10.1. The maximum absolute atomic E-state index is 13.0. The molecular formula is C15H15FN2O2. The van der Waals surface area contributed by atoms with Gasteiger partial charge in [0.25, 0.3) is 5.91 Å². The minimum absolute atomic E-state index is 0.228. The third kappa shape index (κ3) is 3.32. The van der Waals surface area contributed by atoms with Gasteiger partial charge in [-0.1, -0.05) is 0 Å². The predicted octanol–water partition coefficient (Wildman–Crippen LogP) is 3.18. The molecule has 5 heteroatoms. The molecule has 0 unspecified atom stereocenters. The van der Waals surface area contributed by atoms with E-state index in [-0.39, 0.29) is 11.5 Å². The maximum Gasteiger partial charge on any atom is 0.255 e. The van der Waals surface area contributed by atoms with Crippen molar-refractivity contribution in [2.45, 2.75) is 13.8 Å². The zero-order chi connectivity index (χ0) is 14.5. The molecule has 0 atom stereocenters. The van der Waals surface area contributed by atoms with Gasteiger partial charge in [-0.15, -0.1) is 0 Å². The number of hydrogen-bond acceptors (Lipinski definition) is 3. The second kappa shape index (κ2) is 6.14. The van der Waals surface area contributed by atoms with Crippen molar-refractivity contribution in [1.82, 2.24) is 4.98 Å². The van der Waals surface area contributed by atoms with Gasteiger partial charge < -0.3 is 10.1 Å². The summed E-state index contributed by atoms with van der Waals surface area (Å²) >= 11 is 0. The van der Waals surface area contributed by atoms with Gasteiger partial charge in [0.05, 0.1) is 6.61 Å². The van der Waals surface area contributed by atoms with Crippen LogP contribution in [0.2, 0.25) is 0 Å². The van der Waals surface area contributed by atoms with Gasteiger partial charge in [-0.2, -0.15) is 4.39 Å². The zero-order valence-corrected chi connectivity index (χ0v) is 11.3. The number of rotatable bonds is 4. The van der Waals surface area contributed by atoms with Crippen LogP contribution >= 0.6 is 0 Å². The Morgan fingerprint density at radius 3 is 2.80 bits per heavy atom. The first-order chi connectivity index (χ1) is 9.60. The molecule has 1 heterocycles. The van der Waals surface area contributed by atoms with Crippen molar-refractivity contribution in [3.63, 3.8) is 0 Å². The lowest BCUT2D eigenvalue weighted by Gasteiger charge is -2.10. The molecule has 2 aromatic rings. The minimum Gasteiger partial charge on any atom is -0.494 e. The largest absolute Gasteiger partial charge is 0.494 e. The molecule has 0 spiro atoms. The van der Waals surface area contributed by atoms with E-state index >= 15 is 0 Å². The van der Waals surface area contributed by atoms with Crippen LogP contribution in [0.4, 0.5) is 10.1 Å². The van der Waals surface area contributed by atoms with Crippen LogP contribution in [0.25, 0.3) is 0 Å². The maximum atomic E-state index is 13.0. The first kappa shape index (κ1) is 14.0. The highest BCUT2D eigenvalue weighted by Gasteiger charge is 2.09. The molecule has 0 aliphatic carbocycles. The number of carbonyl (C=O) groups is 1. The molecule has 2 rings (SSSR count). The first-order valence-electron chi connectivity index (χ1n) is 6.26. The minimum atomic E-state index is -0.680. The number of pyridine rings is 1. The van der Waals surface area contributed by atoms with E-state index in [1.165, 1.54) is 12.3 Å². The van der Waals surface area contributed by atoms with E-state index < -0.39 is 5.95 Å². The van der Waals surface area contributed by atoms with E-state index in [0.29, 0.717) is 12.3 Å². The number of anilines is 1. The summed E-state index contributed by atoms with van der Waals surface area (Å²) in [5, 5.41) is 2.73. The molecule has 1 amide bonds. The molecule has 1 aromatic heterocycles. The molecule has 104 valence electrons. The van der Waals surface area contributed by atoms with Gasteiger partial charge in [-0.25, -0.2) is 4.98 Å². The number of nitrogens with one attached hydrogen (secondary N) is 1. The molecule has 4 nitrogen and oxygen atoms in total. The fourth-order valence-electron chi connectivity index (χ4n) is 1.77. The average Bonchev–Trinajstić information content (AvgIpc) is 2.42. The Morgan fingerprint density at radius 2 is 2.15 bits per heavy atom. The number of amides is 1. The normalized spacial score (nSPS) is 10.2. The lowest BCUT2D eigenvalue weighted by Crippen LogP contribution is -2.13. The van der Waals surface area contributed by atoms with Gasteiger partial charge in [0, 0.05) is 23.5 Å². The topological polar surface area (TPSA) is 51.2 Å². The molecular weight excluding hydrogens is 259 g/mol. The second-order valence-electron chi connectivity index (χ2n) is 4.23. The van der Waals surface area contributed by atoms with Crippen LogP contribution in [0.1, 0.15) is 22.8 Å². The van der Waals surface area contributed by atoms with E-state index in [4.69, 9.17) is 4.74 Å². The van der Waals surface area contributed by atoms with E-state index in [9.17, 15) is 9.18 Å². The number of hydrogen-bond donors (Lipinski definition) is 1. The Labute approximate surface area is 116 Å². The fourth-order valence-corrected chi connectivity index (χ4v) is 1.77. The van der Waals surface area contributed by atoms with E-state index in [0.717, 1.165) is 17.4 Å². The molecule has 0 radical (unpaired) electrons. The van der Waals surface area contributed by atoms with E-state index in [1.54, 1.807) is 12.1 Å². The third-order valence-corrected chi connectivity index (χ3v) is 2.75. The van der Waals surface area contributed by atoms with Crippen LogP contribution in [0.15, 0.2) is 36.5 Å². The van der Waals surface area contributed by atoms with Crippen LogP contribution in [0.5, 0.6) is 5.75 Å². The van der Waals surface area contributed by atoms with Crippen molar-refractivity contribution in [1.29, 1.82) is 0 Å². The number of halogens is 1. The smallest absolute Gasteiger partial charge is 0.255 e. The van der Waals surface area contributed by atoms with Crippen molar-refractivity contribution in [2.75, 3.05) is 11.9 Å². The Kier molecular flexibility index (Phi) is 4.30. The Bertz CT molecular complexity index is 629. The standard InChI is InChI=1S/C15H15FN2O2/c1-3-20-12-4-5-13(10(2)8-12)18-15(19)11-6-7-17-14(16)9-11/h4-9H,3H2,1-2H3,(H,18,19). The molecule has 0 bridgehead atoms. The average molecular weight is 274 g/mol. The van der Waals surface area contributed by atoms with Crippen LogP contribution < -0.4 is 10.1 Å². The molecule has 20 heavy (non-hydrogen) atoms. The molecule has 0 aliphatic heterocycles. The monoisotopic (exact) mass is 274 g/mol. The number of ether oxygens (including phenoxy) is 1. The Morgan fingerprint density at radius 1 is 1.35 bits per heavy atom. The summed E-state index contributed by atoms with van der Waals surface area (Å²) in [5.74, 6) is -0.308. The number of nitrogens with zero attached hydrogens (tertiary/aromatic N) is 1. The van der Waals surface area contributed by atoms with Crippen molar-refractivity contribution >= 4 is 11.6 Å². The molecule has 0 saturated heterocycles. The van der Waals surface area contributed by atoms with Crippen molar-refractivity contribution in [3.8, 4) is 5.75 Å². The highest BCUT2D eigenvalue weighted by molar-refractivity contribution is 6.04. The van der Waals surface area contributed by atoms with Gasteiger partial charge in [0.2, 0.25) is 5.95 Å². The summed E-state index contributed by atoms with van der Waals surface area (Å²) in [6.07, 6.45) is 1.26. The van der Waals surface area contributed by atoms with Crippen LogP contribution in [-0.4, -0.2) is 17.5 Å². The Hall–Kier alpha value is -2.43. The van der Waals surface area contributed by atoms with Gasteiger partial charge in [-0.05, 0) is 43.7 Å². The molecule has 1 aromatic carbocycles. The van der Waals surface area contributed by atoms with E-state index in [2.05, 4.69) is 10.3 Å². The Balaban J connectivity index is 2.15. The van der Waals surface area contributed by atoms with Gasteiger partial charge in [0.1, 0.15) is 5.75 Å². The van der Waals surface area contributed by atoms with Gasteiger partial charge in [0.15, 0.2) is 0 Å². The summed E-state index contributed by atoms with van der Waals surface area (Å²) in [6.45, 7) is 4.36. The lowest BCUT2D eigenvalue weighted by molar-refractivity contribution is 0.102. The van der Waals surface area contributed by atoms with Crippen molar-refractivity contribution in [3.05, 3.63) is 53.6 Å².